The highest BCUT2D eigenvalue weighted by atomic mass is 16.2. The molecule has 0 unspecified atom stereocenters. The molecule has 2 fully saturated rings. The summed E-state index contributed by atoms with van der Waals surface area (Å²) >= 11 is 0. The van der Waals surface area contributed by atoms with Crippen LogP contribution in [0.5, 0.6) is 0 Å². The van der Waals surface area contributed by atoms with Crippen LogP contribution in [0.25, 0.3) is 6.08 Å². The van der Waals surface area contributed by atoms with Crippen LogP contribution in [-0.4, -0.2) is 77.4 Å². The molecule has 0 saturated carbocycles. The van der Waals surface area contributed by atoms with Crippen LogP contribution in [0, 0.1) is 5.92 Å². The molecule has 162 valence electrons. The summed E-state index contributed by atoms with van der Waals surface area (Å²) in [5.74, 6) is -0.0607. The van der Waals surface area contributed by atoms with Gasteiger partial charge in [0.2, 0.25) is 5.91 Å². The highest BCUT2D eigenvalue weighted by Crippen LogP contribution is 2.20. The van der Waals surface area contributed by atoms with Crippen molar-refractivity contribution < 1.29 is 14.5 Å². The number of quaternary nitrogens is 1. The molecule has 2 saturated heterocycles. The second-order valence-electron chi connectivity index (χ2n) is 8.27. The summed E-state index contributed by atoms with van der Waals surface area (Å²) in [6.07, 6.45) is 10.6. The molecule has 7 heteroatoms. The van der Waals surface area contributed by atoms with Crippen molar-refractivity contribution in [3.8, 4) is 0 Å². The van der Waals surface area contributed by atoms with Crippen LogP contribution < -0.4 is 4.90 Å². The molecule has 2 aliphatic heterocycles. The van der Waals surface area contributed by atoms with E-state index in [-0.39, 0.29) is 17.7 Å². The molecule has 0 radical (unpaired) electrons. The summed E-state index contributed by atoms with van der Waals surface area (Å²) in [4.78, 5) is 39.1. The second kappa shape index (κ2) is 10.3. The number of nitrogens with zero attached hydrogens (tertiary/aromatic N) is 4. The molecule has 2 aromatic rings. The van der Waals surface area contributed by atoms with Crippen LogP contribution in [-0.2, 0) is 4.79 Å². The zero-order valence-electron chi connectivity index (χ0n) is 17.8. The smallest absolute Gasteiger partial charge is 0.274 e. The Bertz CT molecular complexity index is 895. The van der Waals surface area contributed by atoms with E-state index in [1.165, 1.54) is 22.9 Å². The van der Waals surface area contributed by atoms with Crippen molar-refractivity contribution in [1.82, 2.24) is 19.8 Å². The zero-order valence-corrected chi connectivity index (χ0v) is 17.8. The lowest BCUT2D eigenvalue weighted by Gasteiger charge is -2.37. The Hall–Kier alpha value is -3.06. The van der Waals surface area contributed by atoms with E-state index in [0.717, 1.165) is 45.6 Å². The summed E-state index contributed by atoms with van der Waals surface area (Å²) in [6, 6.07) is 10.3. The molecule has 3 heterocycles. The van der Waals surface area contributed by atoms with Crippen molar-refractivity contribution in [2.24, 2.45) is 5.92 Å². The average Bonchev–Trinajstić information content (AvgIpc) is 2.85. The van der Waals surface area contributed by atoms with E-state index in [1.54, 1.807) is 11.1 Å². The van der Waals surface area contributed by atoms with Gasteiger partial charge in [0.15, 0.2) is 0 Å². The third-order valence-corrected chi connectivity index (χ3v) is 6.14. The first-order chi connectivity index (χ1) is 15.2. The van der Waals surface area contributed by atoms with E-state index in [2.05, 4.69) is 34.3 Å². The lowest BCUT2D eigenvalue weighted by Crippen LogP contribution is -3.14. The van der Waals surface area contributed by atoms with E-state index in [9.17, 15) is 9.59 Å². The number of likely N-dealkylation sites (tertiary alicyclic amines) is 1. The number of hydrogen-bond donors (Lipinski definition) is 1. The van der Waals surface area contributed by atoms with E-state index in [1.807, 2.05) is 23.1 Å². The molecule has 2 aliphatic rings. The van der Waals surface area contributed by atoms with E-state index in [0.29, 0.717) is 18.8 Å². The molecular formula is C24H30N5O2+. The molecule has 7 nitrogen and oxygen atoms in total. The summed E-state index contributed by atoms with van der Waals surface area (Å²) < 4.78 is 0. The number of amides is 2. The molecule has 0 spiro atoms. The molecule has 2 amide bonds. The van der Waals surface area contributed by atoms with E-state index in [4.69, 9.17) is 0 Å². The van der Waals surface area contributed by atoms with Gasteiger partial charge in [0, 0.05) is 25.5 Å². The first kappa shape index (κ1) is 21.2. The molecule has 1 aromatic carbocycles. The lowest BCUT2D eigenvalue weighted by atomic mass is 9.96. The number of carbonyl (C=O) groups excluding carboxylic acids is 2. The van der Waals surface area contributed by atoms with Crippen molar-refractivity contribution in [2.45, 2.75) is 12.8 Å². The fraction of sp³-hybridized carbons (Fsp3) is 0.417. The van der Waals surface area contributed by atoms with Crippen LogP contribution in [0.3, 0.4) is 0 Å². The van der Waals surface area contributed by atoms with Gasteiger partial charge in [-0.25, -0.2) is 4.98 Å². The van der Waals surface area contributed by atoms with Gasteiger partial charge >= 0.3 is 0 Å². The molecule has 31 heavy (non-hydrogen) atoms. The van der Waals surface area contributed by atoms with Crippen LogP contribution in [0.2, 0.25) is 0 Å². The van der Waals surface area contributed by atoms with Gasteiger partial charge in [0.25, 0.3) is 5.91 Å². The largest absolute Gasteiger partial charge is 0.336 e. The van der Waals surface area contributed by atoms with Gasteiger partial charge in [-0.1, -0.05) is 36.4 Å². The Morgan fingerprint density at radius 3 is 2.61 bits per heavy atom. The Kier molecular flexibility index (Phi) is 7.04. The maximum Gasteiger partial charge on any atom is 0.274 e. The van der Waals surface area contributed by atoms with Crippen molar-refractivity contribution in [1.29, 1.82) is 0 Å². The number of hydrogen-bond acceptors (Lipinski definition) is 4. The van der Waals surface area contributed by atoms with Gasteiger partial charge in [-0.3, -0.25) is 14.6 Å². The number of piperidine rings is 1. The molecule has 0 aliphatic carbocycles. The highest BCUT2D eigenvalue weighted by Gasteiger charge is 2.33. The number of rotatable bonds is 5. The van der Waals surface area contributed by atoms with E-state index >= 15 is 0 Å². The van der Waals surface area contributed by atoms with Crippen molar-refractivity contribution in [3.63, 3.8) is 0 Å². The summed E-state index contributed by atoms with van der Waals surface area (Å²) in [6.45, 7) is 5.59. The summed E-state index contributed by atoms with van der Waals surface area (Å²) in [5.41, 5.74) is 1.56. The normalized spacial score (nSPS) is 20.2. The minimum atomic E-state index is -0.134. The molecule has 1 N–H and O–H groups in total. The maximum absolute atomic E-state index is 13.1. The molecule has 4 rings (SSSR count). The average molecular weight is 421 g/mol. The van der Waals surface area contributed by atoms with Gasteiger partial charge in [0.05, 0.1) is 44.8 Å². The van der Waals surface area contributed by atoms with E-state index < -0.39 is 0 Å². The Morgan fingerprint density at radius 2 is 1.87 bits per heavy atom. The highest BCUT2D eigenvalue weighted by molar-refractivity contribution is 5.92. The van der Waals surface area contributed by atoms with Gasteiger partial charge in [-0.15, -0.1) is 0 Å². The van der Waals surface area contributed by atoms with Gasteiger partial charge < -0.3 is 14.7 Å². The predicted octanol–water partition coefficient (Wildman–Crippen LogP) is 0.769. The standard InChI is InChI=1S/C24H29N5O2/c30-23(21-9-5-13-29(19-21)24(31)22-18-25-10-11-26-22)28-16-14-27(15-17-28)12-4-8-20-6-2-1-3-7-20/h1-4,6-8,10-11,18,21H,5,9,12-17,19H2/p+1/b8-4+/t21-/m1/s1. The van der Waals surface area contributed by atoms with Gasteiger partial charge in [-0.05, 0) is 24.5 Å². The molecule has 0 bridgehead atoms. The topological polar surface area (TPSA) is 70.8 Å². The monoisotopic (exact) mass is 420 g/mol. The van der Waals surface area contributed by atoms with Crippen molar-refractivity contribution in [2.75, 3.05) is 45.8 Å². The number of benzene rings is 1. The SMILES string of the molecule is O=C(c1cnccn1)N1CCC[C@@H](C(=O)N2CC[NH+](C/C=C/c3ccccc3)CC2)C1. The van der Waals surface area contributed by atoms with Crippen LogP contribution in [0.1, 0.15) is 28.9 Å². The number of piperazine rings is 1. The Morgan fingerprint density at radius 1 is 1.06 bits per heavy atom. The van der Waals surface area contributed by atoms with Crippen LogP contribution in [0.4, 0.5) is 0 Å². The molecular weight excluding hydrogens is 390 g/mol. The number of aromatic nitrogens is 2. The number of nitrogens with one attached hydrogen (secondary N) is 1. The van der Waals surface area contributed by atoms with Crippen LogP contribution >= 0.6 is 0 Å². The Balaban J connectivity index is 1.25. The van der Waals surface area contributed by atoms with Crippen molar-refractivity contribution in [3.05, 3.63) is 66.3 Å². The van der Waals surface area contributed by atoms with Gasteiger partial charge in [0.1, 0.15) is 5.69 Å². The zero-order chi connectivity index (χ0) is 21.5. The summed E-state index contributed by atoms with van der Waals surface area (Å²) in [7, 11) is 0. The fourth-order valence-corrected chi connectivity index (χ4v) is 4.37. The third kappa shape index (κ3) is 5.55. The van der Waals surface area contributed by atoms with Gasteiger partial charge in [-0.2, -0.15) is 0 Å². The van der Waals surface area contributed by atoms with Crippen molar-refractivity contribution >= 4 is 17.9 Å². The molecule has 1 aromatic heterocycles. The first-order valence-electron chi connectivity index (χ1n) is 11.1. The number of carbonyl (C=O) groups is 2. The predicted molar refractivity (Wildman–Crippen MR) is 118 cm³/mol. The summed E-state index contributed by atoms with van der Waals surface area (Å²) in [5, 5.41) is 0. The first-order valence-corrected chi connectivity index (χ1v) is 11.1. The minimum absolute atomic E-state index is 0.117. The van der Waals surface area contributed by atoms with Crippen LogP contribution in [0.15, 0.2) is 55.0 Å². The second-order valence-corrected chi connectivity index (χ2v) is 8.27. The lowest BCUT2D eigenvalue weighted by molar-refractivity contribution is -0.898. The fourth-order valence-electron chi connectivity index (χ4n) is 4.37. The Labute approximate surface area is 183 Å². The third-order valence-electron chi connectivity index (χ3n) is 6.14. The molecule has 1 atom stereocenters. The maximum atomic E-state index is 13.1. The minimum Gasteiger partial charge on any atom is -0.336 e. The quantitative estimate of drug-likeness (QED) is 0.776.